The molecule has 4 heterocycles. The van der Waals surface area contributed by atoms with Gasteiger partial charge in [0, 0.05) is 42.4 Å². The number of likely N-dealkylation sites (tertiary alicyclic amines) is 1. The van der Waals surface area contributed by atoms with Crippen LogP contribution in [0.4, 0.5) is 14.6 Å². The van der Waals surface area contributed by atoms with E-state index in [1.54, 1.807) is 6.20 Å². The standard InChI is InChI=1S/C21H23F2N5O2/c22-21(23)30-17-3-11(5-25-19(17)24)15-4-16(27-20(26-15)10-1-2-10)18-13-6-28(7-14(13)18)12-8-29-9-12/h3-5,10,12-14,18,21H,1-2,6-9H2,(H2,24,25)/t13-,14+,18?. The van der Waals surface area contributed by atoms with Gasteiger partial charge in [0.2, 0.25) is 0 Å². The number of piperidine rings is 1. The van der Waals surface area contributed by atoms with Crippen LogP contribution < -0.4 is 10.5 Å². The molecular formula is C21H23F2N5O2. The Hall–Kier alpha value is -2.39. The molecule has 3 atom stereocenters. The summed E-state index contributed by atoms with van der Waals surface area (Å²) in [5.41, 5.74) is 8.07. The maximum atomic E-state index is 12.7. The molecule has 2 saturated heterocycles. The van der Waals surface area contributed by atoms with Crippen molar-refractivity contribution in [3.63, 3.8) is 0 Å². The van der Waals surface area contributed by atoms with Gasteiger partial charge in [-0.1, -0.05) is 0 Å². The van der Waals surface area contributed by atoms with Crippen molar-refractivity contribution in [2.45, 2.75) is 37.3 Å². The van der Waals surface area contributed by atoms with Crippen LogP contribution in [0.3, 0.4) is 0 Å². The Balaban J connectivity index is 1.29. The second-order valence-electron chi connectivity index (χ2n) is 8.80. The van der Waals surface area contributed by atoms with Crippen LogP contribution in [0.5, 0.6) is 5.75 Å². The number of alkyl halides is 2. The number of pyridine rings is 1. The van der Waals surface area contributed by atoms with Crippen molar-refractivity contribution >= 4 is 5.82 Å². The fourth-order valence-corrected chi connectivity index (χ4v) is 4.84. The molecule has 1 unspecified atom stereocenters. The minimum atomic E-state index is -2.96. The highest BCUT2D eigenvalue weighted by Crippen LogP contribution is 2.58. The van der Waals surface area contributed by atoms with Gasteiger partial charge in [0.25, 0.3) is 0 Å². The first kappa shape index (κ1) is 18.4. The topological polar surface area (TPSA) is 86.4 Å². The molecular weight excluding hydrogens is 392 g/mol. The van der Waals surface area contributed by atoms with Crippen molar-refractivity contribution in [3.05, 3.63) is 29.8 Å². The molecule has 158 valence electrons. The molecule has 2 N–H and O–H groups in total. The van der Waals surface area contributed by atoms with Gasteiger partial charge in [-0.15, -0.1) is 0 Å². The molecule has 30 heavy (non-hydrogen) atoms. The molecule has 4 fully saturated rings. The summed E-state index contributed by atoms with van der Waals surface area (Å²) in [6.07, 6.45) is 3.74. The number of anilines is 1. The first-order chi connectivity index (χ1) is 14.6. The zero-order valence-electron chi connectivity index (χ0n) is 16.4. The number of nitrogen functional groups attached to an aromatic ring is 1. The van der Waals surface area contributed by atoms with Crippen molar-refractivity contribution in [1.29, 1.82) is 0 Å². The van der Waals surface area contributed by atoms with Gasteiger partial charge in [-0.3, -0.25) is 4.90 Å². The average Bonchev–Trinajstić information content (AvgIpc) is 3.59. The molecule has 0 spiro atoms. The van der Waals surface area contributed by atoms with Gasteiger partial charge in [-0.2, -0.15) is 8.78 Å². The fraction of sp³-hybridized carbons (Fsp3) is 0.571. The lowest BCUT2D eigenvalue weighted by atomic mass is 10.1. The van der Waals surface area contributed by atoms with E-state index in [9.17, 15) is 8.78 Å². The number of hydrogen-bond acceptors (Lipinski definition) is 7. The van der Waals surface area contributed by atoms with Crippen LogP contribution in [-0.2, 0) is 4.74 Å². The Morgan fingerprint density at radius 2 is 1.90 bits per heavy atom. The maximum absolute atomic E-state index is 12.7. The van der Waals surface area contributed by atoms with Crippen LogP contribution in [0.15, 0.2) is 18.3 Å². The number of aromatic nitrogens is 3. The molecule has 0 aromatic carbocycles. The van der Waals surface area contributed by atoms with Crippen molar-refractivity contribution < 1.29 is 18.3 Å². The Bertz CT molecular complexity index is 970. The van der Waals surface area contributed by atoms with Crippen LogP contribution in [0.1, 0.15) is 36.2 Å². The summed E-state index contributed by atoms with van der Waals surface area (Å²) in [5, 5.41) is 0. The zero-order valence-corrected chi connectivity index (χ0v) is 16.4. The highest BCUT2D eigenvalue weighted by molar-refractivity contribution is 5.64. The molecule has 7 nitrogen and oxygen atoms in total. The Kier molecular flexibility index (Phi) is 4.18. The summed E-state index contributed by atoms with van der Waals surface area (Å²) in [6.45, 7) is 0.929. The van der Waals surface area contributed by atoms with Crippen molar-refractivity contribution in [3.8, 4) is 17.0 Å². The number of halogens is 2. The van der Waals surface area contributed by atoms with E-state index in [0.717, 1.165) is 50.7 Å². The first-order valence-electron chi connectivity index (χ1n) is 10.5. The summed E-state index contributed by atoms with van der Waals surface area (Å²) in [6, 6.07) is 4.06. The van der Waals surface area contributed by atoms with Gasteiger partial charge in [0.05, 0.1) is 24.9 Å². The van der Waals surface area contributed by atoms with Gasteiger partial charge in [0.15, 0.2) is 11.6 Å². The molecule has 9 heteroatoms. The van der Waals surface area contributed by atoms with Crippen molar-refractivity contribution in [1.82, 2.24) is 19.9 Å². The monoisotopic (exact) mass is 415 g/mol. The molecule has 2 aromatic heterocycles. The molecule has 2 aliphatic carbocycles. The third kappa shape index (κ3) is 3.20. The number of fused-ring (bicyclic) bond motifs is 1. The molecule has 6 rings (SSSR count). The first-order valence-corrected chi connectivity index (χ1v) is 10.5. The van der Waals surface area contributed by atoms with E-state index in [4.69, 9.17) is 20.4 Å². The number of rotatable bonds is 6. The molecule has 0 radical (unpaired) electrons. The number of nitrogens with zero attached hydrogens (tertiary/aromatic N) is 4. The minimum absolute atomic E-state index is 0.0625. The Labute approximate surface area is 172 Å². The lowest BCUT2D eigenvalue weighted by Crippen LogP contribution is -2.48. The molecule has 2 aliphatic heterocycles. The lowest BCUT2D eigenvalue weighted by Gasteiger charge is -2.35. The Morgan fingerprint density at radius 1 is 1.13 bits per heavy atom. The largest absolute Gasteiger partial charge is 0.431 e. The predicted octanol–water partition coefficient (Wildman–Crippen LogP) is 2.64. The van der Waals surface area contributed by atoms with Crippen LogP contribution in [0.2, 0.25) is 0 Å². The van der Waals surface area contributed by atoms with Gasteiger partial charge < -0.3 is 15.2 Å². The van der Waals surface area contributed by atoms with Gasteiger partial charge in [-0.25, -0.2) is 15.0 Å². The lowest BCUT2D eigenvalue weighted by molar-refractivity contribution is -0.0610. The quantitative estimate of drug-likeness (QED) is 0.776. The average molecular weight is 415 g/mol. The van der Waals surface area contributed by atoms with E-state index in [-0.39, 0.29) is 11.6 Å². The number of ether oxygens (including phenoxy) is 2. The predicted molar refractivity (Wildman–Crippen MR) is 104 cm³/mol. The Morgan fingerprint density at radius 3 is 2.53 bits per heavy atom. The minimum Gasteiger partial charge on any atom is -0.431 e. The van der Waals surface area contributed by atoms with E-state index >= 15 is 0 Å². The van der Waals surface area contributed by atoms with Crippen molar-refractivity contribution in [2.24, 2.45) is 11.8 Å². The van der Waals surface area contributed by atoms with Gasteiger partial charge in [-0.05, 0) is 36.8 Å². The van der Waals surface area contributed by atoms with Crippen LogP contribution in [0.25, 0.3) is 11.3 Å². The highest BCUT2D eigenvalue weighted by Gasteiger charge is 2.58. The second kappa shape index (κ2) is 6.81. The third-order valence-corrected chi connectivity index (χ3v) is 6.80. The fourth-order valence-electron chi connectivity index (χ4n) is 4.84. The normalized spacial score (nSPS) is 28.4. The summed E-state index contributed by atoms with van der Waals surface area (Å²) in [5.74, 6) is 2.75. The smallest absolute Gasteiger partial charge is 0.387 e. The molecule has 2 saturated carbocycles. The summed E-state index contributed by atoms with van der Waals surface area (Å²) in [7, 11) is 0. The molecule has 4 aliphatic rings. The molecule has 0 bridgehead atoms. The third-order valence-electron chi connectivity index (χ3n) is 6.80. The maximum Gasteiger partial charge on any atom is 0.387 e. The molecule has 2 aromatic rings. The summed E-state index contributed by atoms with van der Waals surface area (Å²) >= 11 is 0. The summed E-state index contributed by atoms with van der Waals surface area (Å²) in [4.78, 5) is 16.2. The van der Waals surface area contributed by atoms with Crippen LogP contribution >= 0.6 is 0 Å². The van der Waals surface area contributed by atoms with Crippen LogP contribution in [-0.4, -0.2) is 58.8 Å². The highest BCUT2D eigenvalue weighted by atomic mass is 19.3. The van der Waals surface area contributed by atoms with Crippen molar-refractivity contribution in [2.75, 3.05) is 32.0 Å². The van der Waals surface area contributed by atoms with E-state index in [1.807, 2.05) is 6.07 Å². The van der Waals surface area contributed by atoms with E-state index in [1.165, 1.54) is 6.07 Å². The van der Waals surface area contributed by atoms with Crippen LogP contribution in [0, 0.1) is 11.8 Å². The zero-order chi connectivity index (χ0) is 20.4. The molecule has 0 amide bonds. The SMILES string of the molecule is Nc1ncc(-c2cc(C3[C@H]4CN(C5COC5)C[C@@H]34)nc(C3CC3)n2)cc1OC(F)F. The van der Waals surface area contributed by atoms with E-state index in [2.05, 4.69) is 14.6 Å². The van der Waals surface area contributed by atoms with Gasteiger partial charge >= 0.3 is 6.61 Å². The van der Waals surface area contributed by atoms with E-state index < -0.39 is 6.61 Å². The van der Waals surface area contributed by atoms with Gasteiger partial charge in [0.1, 0.15) is 5.82 Å². The second-order valence-corrected chi connectivity index (χ2v) is 8.80. The number of nitrogens with two attached hydrogens (primary N) is 1. The number of hydrogen-bond donors (Lipinski definition) is 1. The van der Waals surface area contributed by atoms with E-state index in [0.29, 0.717) is 41.0 Å². The summed E-state index contributed by atoms with van der Waals surface area (Å²) < 4.78 is 35.2.